The van der Waals surface area contributed by atoms with Crippen molar-refractivity contribution in [2.75, 3.05) is 13.7 Å². The molecule has 8 heteroatoms. The highest BCUT2D eigenvalue weighted by atomic mass is 16.7. The fraction of sp³-hybridized carbons (Fsp3) is 0.545. The van der Waals surface area contributed by atoms with E-state index in [1.807, 2.05) is 33.8 Å². The van der Waals surface area contributed by atoms with Crippen LogP contribution >= 0.6 is 0 Å². The minimum absolute atomic E-state index is 0.185. The second kappa shape index (κ2) is 8.82. The minimum Gasteiger partial charge on any atom is -0.465 e. The van der Waals surface area contributed by atoms with E-state index in [1.54, 1.807) is 45.0 Å². The number of methoxy groups -OCH3 is 1. The summed E-state index contributed by atoms with van der Waals surface area (Å²) in [6.07, 6.45) is 1.35. The van der Waals surface area contributed by atoms with E-state index in [1.165, 1.54) is 7.11 Å². The lowest BCUT2D eigenvalue weighted by Gasteiger charge is -2.32. The summed E-state index contributed by atoms with van der Waals surface area (Å²) in [7, 11) is 0.708. The molecule has 1 heterocycles. The van der Waals surface area contributed by atoms with E-state index < -0.39 is 36.0 Å². The third kappa shape index (κ3) is 6.09. The van der Waals surface area contributed by atoms with Crippen LogP contribution in [-0.2, 0) is 18.8 Å². The monoisotopic (exact) mass is 417 g/mol. The molecule has 0 spiro atoms. The molecule has 0 saturated carbocycles. The van der Waals surface area contributed by atoms with Crippen LogP contribution in [0, 0.1) is 0 Å². The number of alkyl carbamates (subject to hydrolysis) is 1. The molecule has 164 valence electrons. The molecule has 2 rings (SSSR count). The Balaban J connectivity index is 2.26. The zero-order valence-electron chi connectivity index (χ0n) is 19.1. The molecule has 0 bridgehead atoms. The number of hydrogen-bond acceptors (Lipinski definition) is 6. The first-order valence-electron chi connectivity index (χ1n) is 9.95. The Morgan fingerprint density at radius 1 is 1.07 bits per heavy atom. The van der Waals surface area contributed by atoms with Crippen LogP contribution in [0.4, 0.5) is 4.79 Å². The summed E-state index contributed by atoms with van der Waals surface area (Å²) in [5.41, 5.74) is 0.388. The SMILES string of the molecule is COC(=O)c1ccc(C=C(CNC(=O)OC(C)(C)C)B2OC(C)(C)C(C)(C)O2)cc1. The minimum atomic E-state index is -0.634. The molecule has 0 radical (unpaired) electrons. The maximum absolute atomic E-state index is 12.1. The van der Waals surface area contributed by atoms with Gasteiger partial charge >= 0.3 is 19.2 Å². The highest BCUT2D eigenvalue weighted by molar-refractivity contribution is 6.56. The van der Waals surface area contributed by atoms with Crippen molar-refractivity contribution in [3.8, 4) is 0 Å². The van der Waals surface area contributed by atoms with E-state index >= 15 is 0 Å². The quantitative estimate of drug-likeness (QED) is 0.576. The van der Waals surface area contributed by atoms with Gasteiger partial charge in [0.1, 0.15) is 5.60 Å². The van der Waals surface area contributed by atoms with E-state index in [-0.39, 0.29) is 6.54 Å². The van der Waals surface area contributed by atoms with Crippen molar-refractivity contribution in [2.45, 2.75) is 65.3 Å². The number of carbonyl (C=O) groups excluding carboxylic acids is 2. The van der Waals surface area contributed by atoms with Crippen LogP contribution in [0.5, 0.6) is 0 Å². The molecule has 0 unspecified atom stereocenters. The molecule has 1 saturated heterocycles. The average Bonchev–Trinajstić information content (AvgIpc) is 2.84. The van der Waals surface area contributed by atoms with Gasteiger partial charge in [-0.15, -0.1) is 0 Å². The number of carbonyl (C=O) groups is 2. The van der Waals surface area contributed by atoms with E-state index in [9.17, 15) is 9.59 Å². The Morgan fingerprint density at radius 2 is 1.60 bits per heavy atom. The van der Waals surface area contributed by atoms with Crippen molar-refractivity contribution in [2.24, 2.45) is 0 Å². The van der Waals surface area contributed by atoms with E-state index in [2.05, 4.69) is 5.32 Å². The second-order valence-corrected chi connectivity index (χ2v) is 9.28. The number of esters is 1. The van der Waals surface area contributed by atoms with Gasteiger partial charge in [0.05, 0.1) is 23.9 Å². The third-order valence-corrected chi connectivity index (χ3v) is 5.08. The summed E-state index contributed by atoms with van der Waals surface area (Å²) in [4.78, 5) is 23.8. The summed E-state index contributed by atoms with van der Waals surface area (Å²) < 4.78 is 22.4. The van der Waals surface area contributed by atoms with Crippen LogP contribution in [0.1, 0.15) is 64.4 Å². The summed E-state index contributed by atoms with van der Waals surface area (Å²) in [5, 5.41) is 2.77. The summed E-state index contributed by atoms with van der Waals surface area (Å²) in [6, 6.07) is 6.96. The van der Waals surface area contributed by atoms with Gasteiger partial charge in [0.15, 0.2) is 0 Å². The predicted molar refractivity (Wildman–Crippen MR) is 116 cm³/mol. The number of amides is 1. The molecule has 0 atom stereocenters. The van der Waals surface area contributed by atoms with Gasteiger partial charge in [0.25, 0.3) is 0 Å². The Bertz CT molecular complexity index is 792. The Morgan fingerprint density at radius 3 is 2.07 bits per heavy atom. The van der Waals surface area contributed by atoms with Gasteiger partial charge < -0.3 is 24.1 Å². The highest BCUT2D eigenvalue weighted by Gasteiger charge is 2.52. The van der Waals surface area contributed by atoms with E-state index in [4.69, 9.17) is 18.8 Å². The van der Waals surface area contributed by atoms with Gasteiger partial charge in [0, 0.05) is 6.54 Å². The largest absolute Gasteiger partial charge is 0.492 e. The summed E-state index contributed by atoms with van der Waals surface area (Å²) >= 11 is 0. The molecule has 1 aromatic carbocycles. The molecule has 0 aliphatic carbocycles. The molecule has 30 heavy (non-hydrogen) atoms. The number of hydrogen-bond donors (Lipinski definition) is 1. The van der Waals surface area contributed by atoms with Crippen LogP contribution in [0.15, 0.2) is 29.7 Å². The van der Waals surface area contributed by atoms with Crippen LogP contribution in [-0.4, -0.2) is 49.6 Å². The summed E-state index contributed by atoms with van der Waals surface area (Å²) in [6.45, 7) is 13.5. The first kappa shape index (κ1) is 24.0. The average molecular weight is 417 g/mol. The van der Waals surface area contributed by atoms with Gasteiger partial charge in [-0.1, -0.05) is 18.2 Å². The van der Waals surface area contributed by atoms with Crippen LogP contribution < -0.4 is 5.32 Å². The molecule has 7 nitrogen and oxygen atoms in total. The Kier molecular flexibility index (Phi) is 7.04. The maximum atomic E-state index is 12.1. The normalized spacial score (nSPS) is 18.1. The van der Waals surface area contributed by atoms with Crippen LogP contribution in [0.3, 0.4) is 0 Å². The molecule has 1 N–H and O–H groups in total. The number of benzene rings is 1. The first-order chi connectivity index (χ1) is 13.7. The van der Waals surface area contributed by atoms with Crippen LogP contribution in [0.25, 0.3) is 6.08 Å². The van der Waals surface area contributed by atoms with Gasteiger partial charge in [-0.3, -0.25) is 0 Å². The lowest BCUT2D eigenvalue weighted by Crippen LogP contribution is -2.41. The molecule has 1 aliphatic rings. The third-order valence-electron chi connectivity index (χ3n) is 5.08. The molecule has 1 aliphatic heterocycles. The molecule has 0 aromatic heterocycles. The number of nitrogens with one attached hydrogen (secondary N) is 1. The van der Waals surface area contributed by atoms with E-state index in [0.29, 0.717) is 5.56 Å². The second-order valence-electron chi connectivity index (χ2n) is 9.28. The maximum Gasteiger partial charge on any atom is 0.492 e. The lowest BCUT2D eigenvalue weighted by atomic mass is 9.77. The molecular weight excluding hydrogens is 385 g/mol. The Labute approximate surface area is 179 Å². The van der Waals surface area contributed by atoms with Gasteiger partial charge in [0.2, 0.25) is 0 Å². The molecule has 1 aromatic rings. The van der Waals surface area contributed by atoms with Crippen LogP contribution in [0.2, 0.25) is 0 Å². The Hall–Kier alpha value is -2.32. The first-order valence-corrected chi connectivity index (χ1v) is 9.95. The zero-order chi connectivity index (χ0) is 22.7. The molecule has 1 fully saturated rings. The smallest absolute Gasteiger partial charge is 0.465 e. The number of rotatable bonds is 5. The van der Waals surface area contributed by atoms with Crippen molar-refractivity contribution in [3.05, 3.63) is 40.9 Å². The topological polar surface area (TPSA) is 83.1 Å². The predicted octanol–water partition coefficient (Wildman–Crippen LogP) is 4.01. The fourth-order valence-electron chi connectivity index (χ4n) is 2.73. The zero-order valence-corrected chi connectivity index (χ0v) is 19.1. The van der Waals surface area contributed by atoms with Gasteiger partial charge in [-0.2, -0.15) is 0 Å². The standard InChI is InChI=1S/C22H32BNO6/c1-20(2,3)28-19(26)24-14-17(23-29-21(4,5)22(6,7)30-23)13-15-9-11-16(12-10-15)18(25)27-8/h9-13H,14H2,1-8H3,(H,24,26). The van der Waals surface area contributed by atoms with Gasteiger partial charge in [-0.05, 0) is 71.6 Å². The molecule has 1 amide bonds. The highest BCUT2D eigenvalue weighted by Crippen LogP contribution is 2.38. The van der Waals surface area contributed by atoms with E-state index in [0.717, 1.165) is 11.0 Å². The number of ether oxygens (including phenoxy) is 2. The van der Waals surface area contributed by atoms with Crippen molar-refractivity contribution in [3.63, 3.8) is 0 Å². The fourth-order valence-corrected chi connectivity index (χ4v) is 2.73. The van der Waals surface area contributed by atoms with Crippen molar-refractivity contribution in [1.29, 1.82) is 0 Å². The van der Waals surface area contributed by atoms with Gasteiger partial charge in [-0.25, -0.2) is 9.59 Å². The molecular formula is C22H32BNO6. The van der Waals surface area contributed by atoms with Crippen molar-refractivity contribution < 1.29 is 28.4 Å². The lowest BCUT2D eigenvalue weighted by molar-refractivity contribution is 0.00578. The van der Waals surface area contributed by atoms with Crippen molar-refractivity contribution in [1.82, 2.24) is 5.32 Å². The summed E-state index contributed by atoms with van der Waals surface area (Å²) in [5.74, 6) is -0.400. The van der Waals surface area contributed by atoms with Crippen molar-refractivity contribution >= 4 is 25.3 Å².